The lowest BCUT2D eigenvalue weighted by molar-refractivity contribution is -0.384. The van der Waals surface area contributed by atoms with Gasteiger partial charge in [0.2, 0.25) is 0 Å². The molecule has 192 valence electrons. The first kappa shape index (κ1) is 25.8. The summed E-state index contributed by atoms with van der Waals surface area (Å²) < 4.78 is 0. The highest BCUT2D eigenvalue weighted by atomic mass is 32.1. The van der Waals surface area contributed by atoms with Crippen molar-refractivity contribution in [2.24, 2.45) is 0 Å². The van der Waals surface area contributed by atoms with E-state index in [2.05, 4.69) is 5.32 Å². The van der Waals surface area contributed by atoms with Crippen molar-refractivity contribution in [2.45, 2.75) is 19.4 Å². The summed E-state index contributed by atoms with van der Waals surface area (Å²) in [6, 6.07) is 14.2. The van der Waals surface area contributed by atoms with Gasteiger partial charge < -0.3 is 20.2 Å². The number of aryl methyl sites for hydroxylation is 1. The van der Waals surface area contributed by atoms with Crippen molar-refractivity contribution in [2.75, 3.05) is 31.1 Å². The molecule has 1 aromatic heterocycles. The van der Waals surface area contributed by atoms with E-state index in [4.69, 9.17) is 0 Å². The van der Waals surface area contributed by atoms with Gasteiger partial charge in [-0.3, -0.25) is 24.5 Å². The van der Waals surface area contributed by atoms with Gasteiger partial charge in [0.25, 0.3) is 17.5 Å². The van der Waals surface area contributed by atoms with E-state index in [-0.39, 0.29) is 23.6 Å². The Morgan fingerprint density at radius 1 is 1.08 bits per heavy atom. The van der Waals surface area contributed by atoms with Crippen molar-refractivity contribution < 1.29 is 24.4 Å². The maximum Gasteiger partial charge on any atom is 0.305 e. The SMILES string of the molecule is Cc1ccc(C(CC(=O)O)NC(=O)c2ccc(N3CCN(C(=O)c4cccs4)CC3)c([N+](=O)[O-])c2)cc1. The normalized spacial score (nSPS) is 14.2. The molecule has 2 amide bonds. The van der Waals surface area contributed by atoms with Gasteiger partial charge in [0.05, 0.1) is 22.3 Å². The summed E-state index contributed by atoms with van der Waals surface area (Å²) in [7, 11) is 0. The second kappa shape index (κ2) is 11.2. The lowest BCUT2D eigenvalue weighted by Gasteiger charge is -2.35. The smallest absolute Gasteiger partial charge is 0.305 e. The average Bonchev–Trinajstić information content (AvgIpc) is 3.43. The van der Waals surface area contributed by atoms with Gasteiger partial charge in [-0.2, -0.15) is 0 Å². The lowest BCUT2D eigenvalue weighted by Crippen LogP contribution is -2.48. The molecule has 1 saturated heterocycles. The molecule has 1 atom stereocenters. The van der Waals surface area contributed by atoms with Crippen molar-refractivity contribution in [1.29, 1.82) is 0 Å². The van der Waals surface area contributed by atoms with Gasteiger partial charge in [-0.1, -0.05) is 35.9 Å². The highest BCUT2D eigenvalue weighted by Gasteiger charge is 2.28. The number of hydrogen-bond donors (Lipinski definition) is 2. The van der Waals surface area contributed by atoms with Crippen molar-refractivity contribution in [3.8, 4) is 0 Å². The number of thiophene rings is 1. The number of carboxylic acid groups (broad SMARTS) is 1. The zero-order valence-corrected chi connectivity index (χ0v) is 20.9. The van der Waals surface area contributed by atoms with Gasteiger partial charge >= 0.3 is 5.97 Å². The minimum atomic E-state index is -1.08. The predicted molar refractivity (Wildman–Crippen MR) is 139 cm³/mol. The van der Waals surface area contributed by atoms with Crippen LogP contribution in [0.15, 0.2) is 60.0 Å². The summed E-state index contributed by atoms with van der Waals surface area (Å²) in [5, 5.41) is 25.8. The third kappa shape index (κ3) is 6.12. The van der Waals surface area contributed by atoms with Gasteiger partial charge in [0, 0.05) is 37.8 Å². The number of hydrogen-bond acceptors (Lipinski definition) is 7. The average molecular weight is 523 g/mol. The minimum Gasteiger partial charge on any atom is -0.481 e. The van der Waals surface area contributed by atoms with E-state index in [0.29, 0.717) is 42.3 Å². The van der Waals surface area contributed by atoms with Crippen LogP contribution >= 0.6 is 11.3 Å². The molecule has 2 heterocycles. The molecule has 10 nitrogen and oxygen atoms in total. The van der Waals surface area contributed by atoms with Gasteiger partial charge in [-0.05, 0) is 36.1 Å². The first-order chi connectivity index (χ1) is 17.7. The summed E-state index contributed by atoms with van der Waals surface area (Å²) >= 11 is 1.37. The Kier molecular flexibility index (Phi) is 7.83. The van der Waals surface area contributed by atoms with Crippen molar-refractivity contribution in [3.63, 3.8) is 0 Å². The topological polar surface area (TPSA) is 133 Å². The van der Waals surface area contributed by atoms with Crippen LogP contribution < -0.4 is 10.2 Å². The van der Waals surface area contributed by atoms with E-state index < -0.39 is 22.8 Å². The Balaban J connectivity index is 1.49. The van der Waals surface area contributed by atoms with Crippen molar-refractivity contribution in [1.82, 2.24) is 10.2 Å². The molecule has 2 N–H and O–H groups in total. The molecule has 3 aromatic rings. The van der Waals surface area contributed by atoms with Crippen LogP contribution in [0.25, 0.3) is 0 Å². The molecule has 0 bridgehead atoms. The third-order valence-corrected chi connectivity index (χ3v) is 7.10. The molecule has 0 radical (unpaired) electrons. The van der Waals surface area contributed by atoms with Crippen LogP contribution in [0.2, 0.25) is 0 Å². The molecule has 0 spiro atoms. The summed E-state index contributed by atoms with van der Waals surface area (Å²) in [6.45, 7) is 3.57. The fourth-order valence-electron chi connectivity index (χ4n) is 4.25. The number of amides is 2. The molecular weight excluding hydrogens is 496 g/mol. The number of anilines is 1. The number of benzene rings is 2. The molecule has 2 aromatic carbocycles. The number of nitro benzene ring substituents is 1. The van der Waals surface area contributed by atoms with Gasteiger partial charge in [-0.15, -0.1) is 11.3 Å². The van der Waals surface area contributed by atoms with Crippen LogP contribution in [-0.4, -0.2) is 58.9 Å². The number of aliphatic carboxylic acids is 1. The van der Waals surface area contributed by atoms with Crippen molar-refractivity contribution in [3.05, 3.63) is 91.7 Å². The number of nitro groups is 1. The number of rotatable bonds is 8. The standard InChI is InChI=1S/C26H26N4O6S/c1-17-4-6-18(7-5-17)20(16-24(31)32)27-25(33)19-8-9-21(22(15-19)30(35)36)28-10-12-29(13-11-28)26(34)23-3-2-14-37-23/h2-9,14-15,20H,10-13,16H2,1H3,(H,27,33)(H,31,32). The van der Waals surface area contributed by atoms with Crippen LogP contribution in [-0.2, 0) is 4.79 Å². The Bertz CT molecular complexity index is 1300. The number of carbonyl (C=O) groups is 3. The molecule has 1 aliphatic rings. The number of nitrogens with one attached hydrogen (secondary N) is 1. The number of carboxylic acids is 1. The fourth-order valence-corrected chi connectivity index (χ4v) is 4.94. The van der Waals surface area contributed by atoms with Gasteiger partial charge in [-0.25, -0.2) is 0 Å². The van der Waals surface area contributed by atoms with Crippen LogP contribution in [0.1, 0.15) is 43.6 Å². The lowest BCUT2D eigenvalue weighted by atomic mass is 10.0. The molecule has 37 heavy (non-hydrogen) atoms. The van der Waals surface area contributed by atoms with Crippen LogP contribution in [0.3, 0.4) is 0 Å². The Labute approximate surface area is 217 Å². The molecular formula is C26H26N4O6S. The molecule has 1 unspecified atom stereocenters. The van der Waals surface area contributed by atoms with E-state index >= 15 is 0 Å². The summed E-state index contributed by atoms with van der Waals surface area (Å²) in [5.74, 6) is -1.74. The largest absolute Gasteiger partial charge is 0.481 e. The Hall–Kier alpha value is -4.25. The van der Waals surface area contributed by atoms with Crippen LogP contribution in [0.5, 0.6) is 0 Å². The summed E-state index contributed by atoms with van der Waals surface area (Å²) in [6.07, 6.45) is -0.330. The predicted octanol–water partition coefficient (Wildman–Crippen LogP) is 3.87. The summed E-state index contributed by atoms with van der Waals surface area (Å²) in [4.78, 5) is 52.5. The molecule has 0 saturated carbocycles. The third-order valence-electron chi connectivity index (χ3n) is 6.24. The van der Waals surface area contributed by atoms with Crippen LogP contribution in [0, 0.1) is 17.0 Å². The Morgan fingerprint density at radius 2 is 1.78 bits per heavy atom. The quantitative estimate of drug-likeness (QED) is 0.339. The maximum atomic E-state index is 13.0. The van der Waals surface area contributed by atoms with Gasteiger partial charge in [0.1, 0.15) is 5.69 Å². The van der Waals surface area contributed by atoms with Gasteiger partial charge in [0.15, 0.2) is 0 Å². The molecule has 1 fully saturated rings. The monoisotopic (exact) mass is 522 g/mol. The fraction of sp³-hybridized carbons (Fsp3) is 0.269. The highest BCUT2D eigenvalue weighted by molar-refractivity contribution is 7.12. The Morgan fingerprint density at radius 3 is 2.38 bits per heavy atom. The van der Waals surface area contributed by atoms with E-state index in [9.17, 15) is 29.6 Å². The number of piperazine rings is 1. The zero-order chi connectivity index (χ0) is 26.5. The molecule has 0 aliphatic carbocycles. The zero-order valence-electron chi connectivity index (χ0n) is 20.1. The molecule has 1 aliphatic heterocycles. The first-order valence-electron chi connectivity index (χ1n) is 11.7. The molecule has 4 rings (SSSR count). The van der Waals surface area contributed by atoms with Crippen molar-refractivity contribution >= 4 is 40.5 Å². The van der Waals surface area contributed by atoms with Crippen LogP contribution in [0.4, 0.5) is 11.4 Å². The second-order valence-electron chi connectivity index (χ2n) is 8.75. The minimum absolute atomic E-state index is 0.0549. The first-order valence-corrected chi connectivity index (χ1v) is 12.6. The summed E-state index contributed by atoms with van der Waals surface area (Å²) in [5.41, 5.74) is 1.82. The van der Waals surface area contributed by atoms with E-state index in [1.165, 1.54) is 29.5 Å². The molecule has 11 heteroatoms. The second-order valence-corrected chi connectivity index (χ2v) is 9.70. The number of nitrogens with zero attached hydrogens (tertiary/aromatic N) is 3. The highest BCUT2D eigenvalue weighted by Crippen LogP contribution is 2.31. The van der Waals surface area contributed by atoms with E-state index in [0.717, 1.165) is 5.56 Å². The number of carbonyl (C=O) groups excluding carboxylic acids is 2. The van der Waals surface area contributed by atoms with E-state index in [1.54, 1.807) is 23.1 Å². The van der Waals surface area contributed by atoms with E-state index in [1.807, 2.05) is 35.4 Å². The maximum absolute atomic E-state index is 13.0.